The van der Waals surface area contributed by atoms with E-state index in [4.69, 9.17) is 11.6 Å². The number of nitrogens with one attached hydrogen (secondary N) is 2. The molecule has 3 nitrogen and oxygen atoms in total. The molecule has 0 aliphatic heterocycles. The largest absolute Gasteiger partial charge is 0.324 e. The van der Waals surface area contributed by atoms with Crippen molar-refractivity contribution in [1.29, 1.82) is 0 Å². The van der Waals surface area contributed by atoms with E-state index < -0.39 is 0 Å². The van der Waals surface area contributed by atoms with E-state index in [0.29, 0.717) is 11.6 Å². The first-order valence-electron chi connectivity index (χ1n) is 5.61. The van der Waals surface area contributed by atoms with Crippen LogP contribution in [0.4, 0.5) is 5.69 Å². The summed E-state index contributed by atoms with van der Waals surface area (Å²) in [5.41, 5.74) is 0.813. The summed E-state index contributed by atoms with van der Waals surface area (Å²) in [7, 11) is 0. The van der Waals surface area contributed by atoms with E-state index in [9.17, 15) is 4.79 Å². The second-order valence-electron chi connectivity index (χ2n) is 4.25. The maximum absolute atomic E-state index is 11.6. The Labute approximate surface area is 119 Å². The molecule has 0 saturated heterocycles. The van der Waals surface area contributed by atoms with E-state index in [-0.39, 0.29) is 5.91 Å². The number of halogens is 2. The normalized spacial score (nSPS) is 14.7. The maximum Gasteiger partial charge on any atom is 0.238 e. The van der Waals surface area contributed by atoms with Gasteiger partial charge in [0.2, 0.25) is 5.91 Å². The van der Waals surface area contributed by atoms with Crippen LogP contribution in [0.25, 0.3) is 0 Å². The number of anilines is 1. The molecule has 0 heterocycles. The van der Waals surface area contributed by atoms with Crippen molar-refractivity contribution in [3.63, 3.8) is 0 Å². The van der Waals surface area contributed by atoms with Crippen LogP contribution in [0, 0.1) is 9.49 Å². The molecule has 1 aromatic carbocycles. The molecule has 0 radical (unpaired) electrons. The van der Waals surface area contributed by atoms with Gasteiger partial charge in [-0.3, -0.25) is 4.79 Å². The van der Waals surface area contributed by atoms with Crippen molar-refractivity contribution in [2.24, 2.45) is 5.92 Å². The summed E-state index contributed by atoms with van der Waals surface area (Å²) in [6, 6.07) is 5.43. The third-order valence-electron chi connectivity index (χ3n) is 2.62. The van der Waals surface area contributed by atoms with Crippen LogP contribution in [0.3, 0.4) is 0 Å². The van der Waals surface area contributed by atoms with Crippen LogP contribution < -0.4 is 10.6 Å². The summed E-state index contributed by atoms with van der Waals surface area (Å²) in [6.45, 7) is 1.32. The standard InChI is InChI=1S/C12H14ClIN2O/c13-9-3-4-11(10(14)5-9)16-12(17)7-15-6-8-1-2-8/h3-5,8,15H,1-2,6-7H2,(H,16,17). The molecular formula is C12H14ClIN2O. The minimum atomic E-state index is -0.00844. The van der Waals surface area contributed by atoms with Crippen LogP contribution >= 0.6 is 34.2 Å². The zero-order valence-corrected chi connectivity index (χ0v) is 12.2. The molecule has 92 valence electrons. The number of carbonyl (C=O) groups excluding carboxylic acids is 1. The summed E-state index contributed by atoms with van der Waals surface area (Å²) < 4.78 is 0.950. The Kier molecular flexibility index (Phi) is 4.64. The van der Waals surface area contributed by atoms with Gasteiger partial charge in [-0.2, -0.15) is 0 Å². The van der Waals surface area contributed by atoms with Gasteiger partial charge in [0.05, 0.1) is 12.2 Å². The molecule has 1 aliphatic rings. The van der Waals surface area contributed by atoms with Crippen LogP contribution in [-0.2, 0) is 4.79 Å². The summed E-state index contributed by atoms with van der Waals surface area (Å²) in [6.07, 6.45) is 2.59. The van der Waals surface area contributed by atoms with E-state index in [1.54, 1.807) is 6.07 Å². The molecular weight excluding hydrogens is 351 g/mol. The summed E-state index contributed by atoms with van der Waals surface area (Å²) >= 11 is 8.01. The monoisotopic (exact) mass is 364 g/mol. The highest BCUT2D eigenvalue weighted by Crippen LogP contribution is 2.27. The summed E-state index contributed by atoms with van der Waals surface area (Å²) in [4.78, 5) is 11.6. The lowest BCUT2D eigenvalue weighted by molar-refractivity contribution is -0.115. The summed E-state index contributed by atoms with van der Waals surface area (Å²) in [5.74, 6) is 0.782. The van der Waals surface area contributed by atoms with E-state index in [1.165, 1.54) is 12.8 Å². The van der Waals surface area contributed by atoms with Crippen molar-refractivity contribution in [2.75, 3.05) is 18.4 Å². The van der Waals surface area contributed by atoms with Crippen LogP contribution in [0.15, 0.2) is 18.2 Å². The molecule has 1 fully saturated rings. The SMILES string of the molecule is O=C(CNCC1CC1)Nc1ccc(Cl)cc1I. The van der Waals surface area contributed by atoms with Crippen molar-refractivity contribution < 1.29 is 4.79 Å². The van der Waals surface area contributed by atoms with Gasteiger partial charge >= 0.3 is 0 Å². The molecule has 1 aromatic rings. The van der Waals surface area contributed by atoms with E-state index >= 15 is 0 Å². The Bertz CT molecular complexity index is 421. The number of hydrogen-bond acceptors (Lipinski definition) is 2. The first-order chi connectivity index (χ1) is 8.15. The fourth-order valence-electron chi connectivity index (χ4n) is 1.50. The molecule has 0 unspecified atom stereocenters. The van der Waals surface area contributed by atoms with E-state index in [2.05, 4.69) is 33.2 Å². The summed E-state index contributed by atoms with van der Waals surface area (Å²) in [5, 5.41) is 6.70. The second-order valence-corrected chi connectivity index (χ2v) is 5.85. The molecule has 1 saturated carbocycles. The fraction of sp³-hybridized carbons (Fsp3) is 0.417. The quantitative estimate of drug-likeness (QED) is 0.789. The van der Waals surface area contributed by atoms with Gasteiger partial charge in [-0.15, -0.1) is 0 Å². The first-order valence-corrected chi connectivity index (χ1v) is 7.06. The third-order valence-corrected chi connectivity index (χ3v) is 3.75. The lowest BCUT2D eigenvalue weighted by Crippen LogP contribution is -2.29. The zero-order chi connectivity index (χ0) is 12.3. The molecule has 0 aromatic heterocycles. The van der Waals surface area contributed by atoms with E-state index in [1.807, 2.05) is 12.1 Å². The predicted octanol–water partition coefficient (Wildman–Crippen LogP) is 2.88. The van der Waals surface area contributed by atoms with Gasteiger partial charge in [0.1, 0.15) is 0 Å². The first kappa shape index (κ1) is 13.1. The van der Waals surface area contributed by atoms with Gasteiger partial charge in [-0.1, -0.05) is 11.6 Å². The number of hydrogen-bond donors (Lipinski definition) is 2. The van der Waals surface area contributed by atoms with Crippen LogP contribution in [-0.4, -0.2) is 19.0 Å². The highest BCUT2D eigenvalue weighted by Gasteiger charge is 2.20. The minimum Gasteiger partial charge on any atom is -0.324 e. The average Bonchev–Trinajstić information content (AvgIpc) is 3.06. The fourth-order valence-corrected chi connectivity index (χ4v) is 2.50. The molecule has 2 N–H and O–H groups in total. The predicted molar refractivity (Wildman–Crippen MR) is 78.4 cm³/mol. The smallest absolute Gasteiger partial charge is 0.238 e. The van der Waals surface area contributed by atoms with E-state index in [0.717, 1.165) is 21.7 Å². The van der Waals surface area contributed by atoms with Gasteiger partial charge in [0.15, 0.2) is 0 Å². The van der Waals surface area contributed by atoms with Gasteiger partial charge in [0.25, 0.3) is 0 Å². The molecule has 2 rings (SSSR count). The van der Waals surface area contributed by atoms with Crippen molar-refractivity contribution in [3.05, 3.63) is 26.8 Å². The topological polar surface area (TPSA) is 41.1 Å². The Morgan fingerprint density at radius 3 is 2.88 bits per heavy atom. The zero-order valence-electron chi connectivity index (χ0n) is 9.30. The third kappa shape index (κ3) is 4.44. The number of benzene rings is 1. The molecule has 5 heteroatoms. The molecule has 17 heavy (non-hydrogen) atoms. The second kappa shape index (κ2) is 6.02. The minimum absolute atomic E-state index is 0.00844. The van der Waals surface area contributed by atoms with Crippen LogP contribution in [0.1, 0.15) is 12.8 Å². The Morgan fingerprint density at radius 2 is 2.24 bits per heavy atom. The number of amides is 1. The lowest BCUT2D eigenvalue weighted by Gasteiger charge is -2.08. The highest BCUT2D eigenvalue weighted by atomic mass is 127. The van der Waals surface area contributed by atoms with Gasteiger partial charge in [0, 0.05) is 8.59 Å². The number of rotatable bonds is 5. The van der Waals surface area contributed by atoms with Gasteiger partial charge in [-0.05, 0) is 66.1 Å². The van der Waals surface area contributed by atoms with Crippen molar-refractivity contribution >= 4 is 45.8 Å². The molecule has 1 amide bonds. The highest BCUT2D eigenvalue weighted by molar-refractivity contribution is 14.1. The van der Waals surface area contributed by atoms with Crippen molar-refractivity contribution in [2.45, 2.75) is 12.8 Å². The number of carbonyl (C=O) groups is 1. The molecule has 0 atom stereocenters. The van der Waals surface area contributed by atoms with Crippen molar-refractivity contribution in [1.82, 2.24) is 5.32 Å². The maximum atomic E-state index is 11.6. The van der Waals surface area contributed by atoms with Crippen LogP contribution in [0.2, 0.25) is 5.02 Å². The molecule has 0 bridgehead atoms. The molecule has 0 spiro atoms. The Hall–Kier alpha value is -0.330. The van der Waals surface area contributed by atoms with Gasteiger partial charge in [-0.25, -0.2) is 0 Å². The lowest BCUT2D eigenvalue weighted by atomic mass is 10.3. The Morgan fingerprint density at radius 1 is 1.47 bits per heavy atom. The Balaban J connectivity index is 1.79. The van der Waals surface area contributed by atoms with Crippen molar-refractivity contribution in [3.8, 4) is 0 Å². The molecule has 1 aliphatic carbocycles. The average molecular weight is 365 g/mol. The van der Waals surface area contributed by atoms with Crippen LogP contribution in [0.5, 0.6) is 0 Å². The van der Waals surface area contributed by atoms with Gasteiger partial charge < -0.3 is 10.6 Å².